The number of hydrogen-bond acceptors (Lipinski definition) is 5. The molecule has 1 aromatic rings. The predicted octanol–water partition coefficient (Wildman–Crippen LogP) is 0.891. The molecule has 9 heteroatoms. The second-order valence-corrected chi connectivity index (χ2v) is 7.89. The third kappa shape index (κ3) is 2.96. The van der Waals surface area contributed by atoms with Gasteiger partial charge < -0.3 is 15.2 Å². The minimum absolute atomic E-state index is 0.00532. The first-order chi connectivity index (χ1) is 11.3. The molecule has 0 saturated carbocycles. The molecule has 2 N–H and O–H groups in total. The van der Waals surface area contributed by atoms with Crippen LogP contribution in [0.5, 0.6) is 5.75 Å². The topological polar surface area (TPSA) is 113 Å². The van der Waals surface area contributed by atoms with E-state index in [-0.39, 0.29) is 23.9 Å². The molecule has 1 saturated heterocycles. The SMILES string of the molecule is C[C@@H]1Oc2ccc(S(=O)(=O)N3CCC[C@H](C(=O)O)C3)cc2NC1=O. The Morgan fingerprint density at radius 2 is 2.17 bits per heavy atom. The third-order valence-corrected chi connectivity index (χ3v) is 6.11. The zero-order valence-corrected chi connectivity index (χ0v) is 13.9. The molecule has 1 amide bonds. The van der Waals surface area contributed by atoms with Gasteiger partial charge in [-0.25, -0.2) is 8.42 Å². The zero-order valence-electron chi connectivity index (χ0n) is 13.1. The van der Waals surface area contributed by atoms with E-state index in [9.17, 15) is 18.0 Å². The van der Waals surface area contributed by atoms with Gasteiger partial charge in [-0.15, -0.1) is 0 Å². The number of carbonyl (C=O) groups is 2. The van der Waals surface area contributed by atoms with Crippen molar-refractivity contribution in [3.05, 3.63) is 18.2 Å². The van der Waals surface area contributed by atoms with Crippen molar-refractivity contribution in [2.45, 2.75) is 30.8 Å². The summed E-state index contributed by atoms with van der Waals surface area (Å²) in [5.74, 6) is -1.63. The first kappa shape index (κ1) is 16.7. The fourth-order valence-corrected chi connectivity index (χ4v) is 4.41. The number of amides is 1. The van der Waals surface area contributed by atoms with Crippen LogP contribution in [0.4, 0.5) is 5.69 Å². The Hall–Kier alpha value is -2.13. The number of carbonyl (C=O) groups excluding carboxylic acids is 1. The number of carboxylic acids is 1. The molecule has 8 nitrogen and oxygen atoms in total. The Balaban J connectivity index is 1.89. The molecule has 24 heavy (non-hydrogen) atoms. The highest BCUT2D eigenvalue weighted by atomic mass is 32.2. The first-order valence-corrected chi connectivity index (χ1v) is 9.07. The Bertz CT molecular complexity index is 791. The summed E-state index contributed by atoms with van der Waals surface area (Å²) in [6, 6.07) is 4.25. The van der Waals surface area contributed by atoms with E-state index in [2.05, 4.69) is 5.32 Å². The van der Waals surface area contributed by atoms with Gasteiger partial charge in [-0.3, -0.25) is 9.59 Å². The minimum Gasteiger partial charge on any atom is -0.481 e. The van der Waals surface area contributed by atoms with Crippen LogP contribution in [0.2, 0.25) is 0 Å². The number of anilines is 1. The van der Waals surface area contributed by atoms with Gasteiger partial charge in [0.25, 0.3) is 5.91 Å². The van der Waals surface area contributed by atoms with Crippen LogP contribution < -0.4 is 10.1 Å². The lowest BCUT2D eigenvalue weighted by Crippen LogP contribution is -2.42. The van der Waals surface area contributed by atoms with E-state index in [1.54, 1.807) is 6.92 Å². The number of hydrogen-bond donors (Lipinski definition) is 2. The van der Waals surface area contributed by atoms with Crippen molar-refractivity contribution in [2.75, 3.05) is 18.4 Å². The number of rotatable bonds is 3. The molecule has 3 rings (SSSR count). The standard InChI is InChI=1S/C15H18N2O6S/c1-9-14(18)16-12-7-11(4-5-13(12)23-9)24(21,22)17-6-2-3-10(8-17)15(19)20/h4-5,7,9-10H,2-3,6,8H2,1H3,(H,16,18)(H,19,20)/t9-,10-/m0/s1. The average molecular weight is 354 g/mol. The Morgan fingerprint density at radius 1 is 1.42 bits per heavy atom. The van der Waals surface area contributed by atoms with Crippen LogP contribution in [-0.4, -0.2) is 48.9 Å². The third-order valence-electron chi connectivity index (χ3n) is 4.25. The van der Waals surface area contributed by atoms with Gasteiger partial charge in [-0.05, 0) is 38.0 Å². The van der Waals surface area contributed by atoms with E-state index in [4.69, 9.17) is 9.84 Å². The zero-order chi connectivity index (χ0) is 17.5. The second kappa shape index (κ2) is 6.06. The number of benzene rings is 1. The lowest BCUT2D eigenvalue weighted by Gasteiger charge is -2.30. The summed E-state index contributed by atoms with van der Waals surface area (Å²) in [7, 11) is -3.83. The molecule has 2 aliphatic heterocycles. The molecule has 1 aromatic carbocycles. The smallest absolute Gasteiger partial charge is 0.307 e. The number of fused-ring (bicyclic) bond motifs is 1. The van der Waals surface area contributed by atoms with Crippen LogP contribution in [0.15, 0.2) is 23.1 Å². The van der Waals surface area contributed by atoms with Crippen LogP contribution in [-0.2, 0) is 19.6 Å². The van der Waals surface area contributed by atoms with Crippen molar-refractivity contribution in [1.29, 1.82) is 0 Å². The van der Waals surface area contributed by atoms with Crippen LogP contribution in [0.3, 0.4) is 0 Å². The molecule has 1 fully saturated rings. The van der Waals surface area contributed by atoms with Gasteiger partial charge in [-0.2, -0.15) is 4.31 Å². The fourth-order valence-electron chi connectivity index (χ4n) is 2.86. The van der Waals surface area contributed by atoms with Gasteiger partial charge in [0.2, 0.25) is 10.0 Å². The van der Waals surface area contributed by atoms with E-state index in [1.165, 1.54) is 22.5 Å². The molecule has 0 aliphatic carbocycles. The summed E-state index contributed by atoms with van der Waals surface area (Å²) < 4.78 is 32.1. The van der Waals surface area contributed by atoms with Gasteiger partial charge in [0.1, 0.15) is 5.75 Å². The van der Waals surface area contributed by atoms with Gasteiger partial charge >= 0.3 is 5.97 Å². The van der Waals surface area contributed by atoms with Crippen molar-refractivity contribution in [3.63, 3.8) is 0 Å². The van der Waals surface area contributed by atoms with E-state index in [1.807, 2.05) is 0 Å². The number of piperidine rings is 1. The molecule has 0 spiro atoms. The first-order valence-electron chi connectivity index (χ1n) is 7.63. The van der Waals surface area contributed by atoms with E-state index in [0.717, 1.165) is 0 Å². The maximum Gasteiger partial charge on any atom is 0.307 e. The monoisotopic (exact) mass is 354 g/mol. The van der Waals surface area contributed by atoms with Crippen LogP contribution in [0.1, 0.15) is 19.8 Å². The number of nitrogens with one attached hydrogen (secondary N) is 1. The lowest BCUT2D eigenvalue weighted by atomic mass is 10.0. The van der Waals surface area contributed by atoms with E-state index in [0.29, 0.717) is 24.3 Å². The molecular weight excluding hydrogens is 336 g/mol. The lowest BCUT2D eigenvalue weighted by molar-refractivity contribution is -0.142. The molecule has 0 radical (unpaired) electrons. The molecule has 0 unspecified atom stereocenters. The Kier molecular flexibility index (Phi) is 4.22. The van der Waals surface area contributed by atoms with Crippen molar-refractivity contribution < 1.29 is 27.9 Å². The minimum atomic E-state index is -3.83. The van der Waals surface area contributed by atoms with Gasteiger partial charge in [0, 0.05) is 13.1 Å². The second-order valence-electron chi connectivity index (χ2n) is 5.95. The van der Waals surface area contributed by atoms with Gasteiger partial charge in [0.05, 0.1) is 16.5 Å². The highest BCUT2D eigenvalue weighted by Gasteiger charge is 2.34. The Labute approximate surface area is 139 Å². The highest BCUT2D eigenvalue weighted by Crippen LogP contribution is 2.33. The number of carboxylic acid groups (broad SMARTS) is 1. The van der Waals surface area contributed by atoms with Gasteiger partial charge in [-0.1, -0.05) is 0 Å². The van der Waals surface area contributed by atoms with E-state index >= 15 is 0 Å². The molecule has 0 bridgehead atoms. The predicted molar refractivity (Wildman–Crippen MR) is 84.3 cm³/mol. The summed E-state index contributed by atoms with van der Waals surface area (Å²) in [4.78, 5) is 22.8. The maximum atomic E-state index is 12.8. The van der Waals surface area contributed by atoms with Crippen LogP contribution in [0.25, 0.3) is 0 Å². The van der Waals surface area contributed by atoms with Crippen molar-refractivity contribution >= 4 is 27.6 Å². The highest BCUT2D eigenvalue weighted by molar-refractivity contribution is 7.89. The number of nitrogens with zero attached hydrogens (tertiary/aromatic N) is 1. The summed E-state index contributed by atoms with van der Waals surface area (Å²) in [6.45, 7) is 1.83. The summed E-state index contributed by atoms with van der Waals surface area (Å²) >= 11 is 0. The molecule has 2 heterocycles. The normalized spacial score (nSPS) is 24.6. The number of aliphatic carboxylic acids is 1. The Morgan fingerprint density at radius 3 is 2.88 bits per heavy atom. The summed E-state index contributed by atoms with van der Waals surface area (Å²) in [5, 5.41) is 11.7. The van der Waals surface area contributed by atoms with Crippen LogP contribution >= 0.6 is 0 Å². The van der Waals surface area contributed by atoms with Crippen molar-refractivity contribution in [3.8, 4) is 5.75 Å². The molecule has 0 aromatic heterocycles. The fraction of sp³-hybridized carbons (Fsp3) is 0.467. The van der Waals surface area contributed by atoms with Crippen molar-refractivity contribution in [1.82, 2.24) is 4.31 Å². The molecule has 2 aliphatic rings. The number of sulfonamides is 1. The van der Waals surface area contributed by atoms with Crippen molar-refractivity contribution in [2.24, 2.45) is 5.92 Å². The quantitative estimate of drug-likeness (QED) is 0.833. The summed E-state index contributed by atoms with van der Waals surface area (Å²) in [5.41, 5.74) is 0.297. The van der Waals surface area contributed by atoms with E-state index < -0.39 is 28.0 Å². The van der Waals surface area contributed by atoms with Gasteiger partial charge in [0.15, 0.2) is 6.10 Å². The van der Waals surface area contributed by atoms with Crippen LogP contribution in [0, 0.1) is 5.92 Å². The molecule has 2 atom stereocenters. The average Bonchev–Trinajstić information content (AvgIpc) is 2.55. The molecule has 130 valence electrons. The summed E-state index contributed by atoms with van der Waals surface area (Å²) in [6.07, 6.45) is 0.324. The largest absolute Gasteiger partial charge is 0.481 e. The number of ether oxygens (including phenoxy) is 1. The molecular formula is C15H18N2O6S. The maximum absolute atomic E-state index is 12.8.